The number of amides is 1. The van der Waals surface area contributed by atoms with Crippen LogP contribution in [0.25, 0.3) is 6.08 Å². The zero-order valence-corrected chi connectivity index (χ0v) is 19.0. The second-order valence-electron chi connectivity index (χ2n) is 7.03. The summed E-state index contributed by atoms with van der Waals surface area (Å²) in [6, 6.07) is 5.62. The Hall–Kier alpha value is -1.50. The van der Waals surface area contributed by atoms with E-state index in [1.165, 1.54) is 13.2 Å². The van der Waals surface area contributed by atoms with Crippen molar-refractivity contribution >= 4 is 18.0 Å². The standard InChI is InChI=1S/C21H29NO5.Na/c1-15-5-9-17(10-6-15)22-20(23)12-8-16-7-11-18(19(14-16)26-2)27-13-3-4-21(24)25;/h7-8,11-12,14-15,17H,3-6,9-10,13H2,1-2H3,(H,22,23)(H,24,25);/q;+1/p-1. The maximum absolute atomic E-state index is 12.1. The summed E-state index contributed by atoms with van der Waals surface area (Å²) in [4.78, 5) is 22.5. The van der Waals surface area contributed by atoms with E-state index in [2.05, 4.69) is 12.2 Å². The van der Waals surface area contributed by atoms with Crippen molar-refractivity contribution in [3.05, 3.63) is 29.8 Å². The molecule has 28 heavy (non-hydrogen) atoms. The van der Waals surface area contributed by atoms with Crippen molar-refractivity contribution in [2.45, 2.75) is 51.5 Å². The number of nitrogens with one attached hydrogen (secondary N) is 1. The molecule has 0 spiro atoms. The Morgan fingerprint density at radius 2 is 1.93 bits per heavy atom. The van der Waals surface area contributed by atoms with Gasteiger partial charge in [0.25, 0.3) is 0 Å². The summed E-state index contributed by atoms with van der Waals surface area (Å²) in [5.41, 5.74) is 0.821. The minimum atomic E-state index is -1.09. The Morgan fingerprint density at radius 1 is 1.21 bits per heavy atom. The molecule has 6 nitrogen and oxygen atoms in total. The number of aliphatic carboxylic acids is 1. The van der Waals surface area contributed by atoms with Gasteiger partial charge >= 0.3 is 29.6 Å². The van der Waals surface area contributed by atoms with Crippen molar-refractivity contribution in [3.8, 4) is 11.5 Å². The molecule has 0 radical (unpaired) electrons. The van der Waals surface area contributed by atoms with Crippen molar-refractivity contribution in [2.75, 3.05) is 13.7 Å². The molecule has 148 valence electrons. The molecule has 1 aromatic carbocycles. The molecule has 2 rings (SSSR count). The van der Waals surface area contributed by atoms with Gasteiger partial charge in [-0.15, -0.1) is 0 Å². The zero-order chi connectivity index (χ0) is 19.6. The number of benzene rings is 1. The van der Waals surface area contributed by atoms with Crippen LogP contribution in [0.1, 0.15) is 51.0 Å². The molecular weight excluding hydrogens is 369 g/mol. The van der Waals surface area contributed by atoms with E-state index in [1.54, 1.807) is 18.2 Å². The van der Waals surface area contributed by atoms with Crippen LogP contribution >= 0.6 is 0 Å². The van der Waals surface area contributed by atoms with Gasteiger partial charge in [0.15, 0.2) is 11.5 Å². The van der Waals surface area contributed by atoms with E-state index in [0.717, 1.165) is 37.2 Å². The van der Waals surface area contributed by atoms with Crippen LogP contribution in [0.3, 0.4) is 0 Å². The fourth-order valence-corrected chi connectivity index (χ4v) is 3.13. The number of carbonyl (C=O) groups is 2. The first-order valence-corrected chi connectivity index (χ1v) is 9.47. The van der Waals surface area contributed by atoms with Crippen LogP contribution in [0.4, 0.5) is 0 Å². The summed E-state index contributed by atoms with van der Waals surface area (Å²) in [6.45, 7) is 2.52. The Bertz CT molecular complexity index is 669. The van der Waals surface area contributed by atoms with E-state index in [9.17, 15) is 14.7 Å². The first-order valence-electron chi connectivity index (χ1n) is 9.47. The molecule has 0 aliphatic heterocycles. The number of methoxy groups -OCH3 is 1. The van der Waals surface area contributed by atoms with Gasteiger partial charge in [0.05, 0.1) is 13.7 Å². The molecule has 0 aromatic heterocycles. The minimum absolute atomic E-state index is 0. The monoisotopic (exact) mass is 397 g/mol. The van der Waals surface area contributed by atoms with Crippen LogP contribution in [-0.4, -0.2) is 31.6 Å². The van der Waals surface area contributed by atoms with E-state index < -0.39 is 5.97 Å². The van der Waals surface area contributed by atoms with E-state index in [-0.39, 0.29) is 54.5 Å². The van der Waals surface area contributed by atoms with Gasteiger partial charge in [0.1, 0.15) is 0 Å². The normalized spacial score (nSPS) is 18.9. The molecule has 1 amide bonds. The minimum Gasteiger partial charge on any atom is -0.550 e. The quantitative estimate of drug-likeness (QED) is 0.339. The molecule has 1 fully saturated rings. The molecule has 1 N–H and O–H groups in total. The van der Waals surface area contributed by atoms with Crippen molar-refractivity contribution in [2.24, 2.45) is 5.92 Å². The second kappa shape index (κ2) is 12.9. The number of hydrogen-bond acceptors (Lipinski definition) is 5. The van der Waals surface area contributed by atoms with Crippen LogP contribution in [0.15, 0.2) is 24.3 Å². The summed E-state index contributed by atoms with van der Waals surface area (Å²) in [6.07, 6.45) is 8.01. The molecule has 0 unspecified atom stereocenters. The van der Waals surface area contributed by atoms with Gasteiger partial charge in [-0.2, -0.15) is 0 Å². The topological polar surface area (TPSA) is 87.7 Å². The van der Waals surface area contributed by atoms with Crippen molar-refractivity contribution in [3.63, 3.8) is 0 Å². The third kappa shape index (κ3) is 8.67. The van der Waals surface area contributed by atoms with E-state index >= 15 is 0 Å². The molecule has 0 saturated heterocycles. The number of carbonyl (C=O) groups excluding carboxylic acids is 2. The van der Waals surface area contributed by atoms with Crippen LogP contribution in [0, 0.1) is 5.92 Å². The van der Waals surface area contributed by atoms with Gasteiger partial charge < -0.3 is 24.7 Å². The van der Waals surface area contributed by atoms with Crippen LogP contribution < -0.4 is 49.5 Å². The number of carboxylic acid groups (broad SMARTS) is 1. The van der Waals surface area contributed by atoms with Crippen molar-refractivity contribution in [1.82, 2.24) is 5.32 Å². The van der Waals surface area contributed by atoms with Gasteiger partial charge in [-0.3, -0.25) is 4.79 Å². The Labute approximate surface area is 189 Å². The Morgan fingerprint density at radius 3 is 2.57 bits per heavy atom. The number of hydrogen-bond donors (Lipinski definition) is 1. The average molecular weight is 397 g/mol. The average Bonchev–Trinajstić information content (AvgIpc) is 2.65. The van der Waals surface area contributed by atoms with Gasteiger partial charge in [-0.1, -0.05) is 13.0 Å². The van der Waals surface area contributed by atoms with Crippen LogP contribution in [-0.2, 0) is 9.59 Å². The summed E-state index contributed by atoms with van der Waals surface area (Å²) in [5, 5.41) is 13.5. The molecule has 0 heterocycles. The molecule has 0 atom stereocenters. The number of rotatable bonds is 9. The van der Waals surface area contributed by atoms with Crippen molar-refractivity contribution < 1.29 is 53.7 Å². The maximum Gasteiger partial charge on any atom is 1.00 e. The Balaban J connectivity index is 0.00000392. The molecule has 1 saturated carbocycles. The summed E-state index contributed by atoms with van der Waals surface area (Å²) < 4.78 is 10.9. The summed E-state index contributed by atoms with van der Waals surface area (Å²) in [7, 11) is 1.54. The van der Waals surface area contributed by atoms with Crippen molar-refractivity contribution in [1.29, 1.82) is 0 Å². The molecule has 1 aromatic rings. The fraction of sp³-hybridized carbons (Fsp3) is 0.524. The van der Waals surface area contributed by atoms with Gasteiger partial charge in [0.2, 0.25) is 5.91 Å². The molecule has 1 aliphatic rings. The predicted molar refractivity (Wildman–Crippen MR) is 101 cm³/mol. The van der Waals surface area contributed by atoms with E-state index in [0.29, 0.717) is 17.9 Å². The number of carboxylic acids is 1. The van der Waals surface area contributed by atoms with Crippen LogP contribution in [0.5, 0.6) is 11.5 Å². The van der Waals surface area contributed by atoms with E-state index in [4.69, 9.17) is 9.47 Å². The molecule has 7 heteroatoms. The van der Waals surface area contributed by atoms with Gasteiger partial charge in [-0.05, 0) is 68.2 Å². The first-order chi connectivity index (χ1) is 13.0. The molecule has 1 aliphatic carbocycles. The summed E-state index contributed by atoms with van der Waals surface area (Å²) >= 11 is 0. The first kappa shape index (κ1) is 24.5. The predicted octanol–water partition coefficient (Wildman–Crippen LogP) is -0.684. The molecular formula is C21H28NNaO5. The zero-order valence-electron chi connectivity index (χ0n) is 17.0. The molecule has 0 bridgehead atoms. The smallest absolute Gasteiger partial charge is 0.550 e. The van der Waals surface area contributed by atoms with Gasteiger partial charge in [0, 0.05) is 18.1 Å². The SMILES string of the molecule is COc1cc(C=CC(=O)NC2CCC(C)CC2)ccc1OCCCC(=O)[O-].[Na+]. The fourth-order valence-electron chi connectivity index (χ4n) is 3.13. The largest absolute Gasteiger partial charge is 1.00 e. The van der Waals surface area contributed by atoms with Crippen LogP contribution in [0.2, 0.25) is 0 Å². The second-order valence-corrected chi connectivity index (χ2v) is 7.03. The van der Waals surface area contributed by atoms with E-state index in [1.807, 2.05) is 6.07 Å². The number of ether oxygens (including phenoxy) is 2. The van der Waals surface area contributed by atoms with Gasteiger partial charge in [-0.25, -0.2) is 0 Å². The maximum atomic E-state index is 12.1. The third-order valence-electron chi connectivity index (χ3n) is 4.76. The summed E-state index contributed by atoms with van der Waals surface area (Å²) in [5.74, 6) is 0.645. The Kier molecular flexibility index (Phi) is 11.3. The third-order valence-corrected chi connectivity index (χ3v) is 4.76.